The summed E-state index contributed by atoms with van der Waals surface area (Å²) in [6, 6.07) is 7.75. The summed E-state index contributed by atoms with van der Waals surface area (Å²) in [6.45, 7) is 6.42. The van der Waals surface area contributed by atoms with Crippen LogP contribution in [-0.4, -0.2) is 73.5 Å². The number of amides is 1. The minimum absolute atomic E-state index is 0.0683. The second kappa shape index (κ2) is 8.21. The average molecular weight is 394 g/mol. The summed E-state index contributed by atoms with van der Waals surface area (Å²) in [6.07, 6.45) is 3.15. The molecule has 0 saturated carbocycles. The lowest BCUT2D eigenvalue weighted by atomic mass is 10.3. The summed E-state index contributed by atoms with van der Waals surface area (Å²) in [4.78, 5) is 24.1. The molecule has 10 heteroatoms. The van der Waals surface area contributed by atoms with Crippen LogP contribution in [0.5, 0.6) is 6.01 Å². The summed E-state index contributed by atoms with van der Waals surface area (Å²) in [5.74, 6) is 1.40. The van der Waals surface area contributed by atoms with Gasteiger partial charge in [-0.1, -0.05) is 0 Å². The second-order valence-electron chi connectivity index (χ2n) is 6.78. The Hall–Kier alpha value is -3.56. The van der Waals surface area contributed by atoms with Crippen molar-refractivity contribution < 1.29 is 9.53 Å². The first-order chi connectivity index (χ1) is 14.1. The van der Waals surface area contributed by atoms with Crippen molar-refractivity contribution in [3.05, 3.63) is 48.0 Å². The Morgan fingerprint density at radius 3 is 2.34 bits per heavy atom. The lowest BCUT2D eigenvalue weighted by molar-refractivity contribution is -0.133. The van der Waals surface area contributed by atoms with E-state index >= 15 is 0 Å². The molecule has 0 aromatic carbocycles. The van der Waals surface area contributed by atoms with Crippen LogP contribution in [0.15, 0.2) is 36.7 Å². The van der Waals surface area contributed by atoms with Gasteiger partial charge in [0.25, 0.3) is 5.91 Å². The maximum atomic E-state index is 12.3. The molecule has 4 heterocycles. The number of aromatic nitrogens is 6. The molecule has 0 spiro atoms. The number of carbonyl (C=O) groups excluding carboxylic acids is 1. The van der Waals surface area contributed by atoms with Gasteiger partial charge in [-0.3, -0.25) is 4.79 Å². The van der Waals surface area contributed by atoms with Gasteiger partial charge in [0.1, 0.15) is 0 Å². The molecule has 0 aliphatic carbocycles. The molecule has 29 heavy (non-hydrogen) atoms. The first-order valence-electron chi connectivity index (χ1n) is 9.40. The van der Waals surface area contributed by atoms with Crippen molar-refractivity contribution >= 4 is 11.7 Å². The molecule has 4 rings (SSSR count). The second-order valence-corrected chi connectivity index (χ2v) is 6.78. The largest absolute Gasteiger partial charge is 0.453 e. The fourth-order valence-corrected chi connectivity index (χ4v) is 3.22. The highest BCUT2D eigenvalue weighted by Gasteiger charge is 2.22. The zero-order valence-corrected chi connectivity index (χ0v) is 16.4. The molecular formula is C19H22N8O2. The molecule has 0 bridgehead atoms. The Labute approximate surface area is 168 Å². The zero-order valence-electron chi connectivity index (χ0n) is 16.4. The summed E-state index contributed by atoms with van der Waals surface area (Å²) < 4.78 is 7.12. The van der Waals surface area contributed by atoms with E-state index < -0.39 is 0 Å². The van der Waals surface area contributed by atoms with Crippen LogP contribution >= 0.6 is 0 Å². The smallest absolute Gasteiger partial charge is 0.316 e. The van der Waals surface area contributed by atoms with Crippen LogP contribution < -0.4 is 9.64 Å². The van der Waals surface area contributed by atoms with Crippen molar-refractivity contribution in [1.29, 1.82) is 0 Å². The molecule has 10 nitrogen and oxygen atoms in total. The number of anilines is 1. The fraction of sp³-hybridized carbons (Fsp3) is 0.368. The predicted molar refractivity (Wildman–Crippen MR) is 105 cm³/mol. The molecule has 1 fully saturated rings. The number of nitrogens with zero attached hydrogens (tertiary/aromatic N) is 8. The SMILES string of the molecule is Cc1cc(C)n(-c2ccc(N3CCN(C(=O)COc4ncccn4)CC3)nn2)n1. The Morgan fingerprint density at radius 2 is 1.72 bits per heavy atom. The van der Waals surface area contributed by atoms with Crippen LogP contribution in [0.3, 0.4) is 0 Å². The molecule has 0 unspecified atom stereocenters. The van der Waals surface area contributed by atoms with Gasteiger partial charge in [0.05, 0.1) is 5.69 Å². The lowest BCUT2D eigenvalue weighted by Crippen LogP contribution is -2.50. The van der Waals surface area contributed by atoms with Crippen molar-refractivity contribution in [3.63, 3.8) is 0 Å². The Kier molecular flexibility index (Phi) is 5.32. The maximum Gasteiger partial charge on any atom is 0.316 e. The predicted octanol–water partition coefficient (Wildman–Crippen LogP) is 0.797. The van der Waals surface area contributed by atoms with E-state index in [9.17, 15) is 4.79 Å². The van der Waals surface area contributed by atoms with Gasteiger partial charge in [-0.05, 0) is 38.1 Å². The first kappa shape index (κ1) is 18.8. The molecule has 150 valence electrons. The van der Waals surface area contributed by atoms with Crippen molar-refractivity contribution in [3.8, 4) is 11.8 Å². The third kappa shape index (κ3) is 4.31. The van der Waals surface area contributed by atoms with Crippen molar-refractivity contribution in [2.45, 2.75) is 13.8 Å². The Bertz CT molecular complexity index is 966. The molecule has 0 radical (unpaired) electrons. The molecule has 1 saturated heterocycles. The quantitative estimate of drug-likeness (QED) is 0.626. The summed E-state index contributed by atoms with van der Waals surface area (Å²) in [5, 5.41) is 13.1. The Morgan fingerprint density at radius 1 is 1.03 bits per heavy atom. The van der Waals surface area contributed by atoms with Crippen LogP contribution in [0.2, 0.25) is 0 Å². The van der Waals surface area contributed by atoms with Crippen LogP contribution in [0.25, 0.3) is 5.82 Å². The van der Waals surface area contributed by atoms with Gasteiger partial charge in [0, 0.05) is 44.3 Å². The molecule has 1 aliphatic heterocycles. The van der Waals surface area contributed by atoms with Gasteiger partial charge in [-0.15, -0.1) is 10.2 Å². The number of hydrogen-bond acceptors (Lipinski definition) is 8. The molecular weight excluding hydrogens is 372 g/mol. The number of ether oxygens (including phenoxy) is 1. The number of aryl methyl sites for hydroxylation is 2. The van der Waals surface area contributed by atoms with E-state index in [-0.39, 0.29) is 18.5 Å². The van der Waals surface area contributed by atoms with Crippen molar-refractivity contribution in [2.75, 3.05) is 37.7 Å². The van der Waals surface area contributed by atoms with E-state index in [1.165, 1.54) is 0 Å². The lowest BCUT2D eigenvalue weighted by Gasteiger charge is -2.35. The highest BCUT2D eigenvalue weighted by Crippen LogP contribution is 2.15. The average Bonchev–Trinajstić information content (AvgIpc) is 3.11. The Balaban J connectivity index is 1.31. The van der Waals surface area contributed by atoms with Crippen molar-refractivity contribution in [2.24, 2.45) is 0 Å². The van der Waals surface area contributed by atoms with Gasteiger partial charge >= 0.3 is 6.01 Å². The molecule has 1 amide bonds. The van der Waals surface area contributed by atoms with Crippen molar-refractivity contribution in [1.82, 2.24) is 34.8 Å². The zero-order chi connectivity index (χ0) is 20.2. The third-order valence-electron chi connectivity index (χ3n) is 4.69. The van der Waals surface area contributed by atoms with Gasteiger partial charge in [-0.25, -0.2) is 14.6 Å². The topological polar surface area (TPSA) is 102 Å². The van der Waals surface area contributed by atoms with E-state index in [1.807, 2.05) is 32.0 Å². The normalized spacial score (nSPS) is 14.1. The van der Waals surface area contributed by atoms with Gasteiger partial charge in [0.2, 0.25) is 0 Å². The number of piperazine rings is 1. The minimum atomic E-state index is -0.0805. The van der Waals surface area contributed by atoms with Crippen LogP contribution in [0, 0.1) is 13.8 Å². The molecule has 0 atom stereocenters. The number of hydrogen-bond donors (Lipinski definition) is 0. The van der Waals surface area contributed by atoms with E-state index in [2.05, 4.69) is 30.2 Å². The summed E-state index contributed by atoms with van der Waals surface area (Å²) in [7, 11) is 0. The maximum absolute atomic E-state index is 12.3. The van der Waals surface area contributed by atoms with Gasteiger partial charge in [-0.2, -0.15) is 5.10 Å². The monoisotopic (exact) mass is 394 g/mol. The first-order valence-corrected chi connectivity index (χ1v) is 9.40. The van der Waals surface area contributed by atoms with E-state index in [0.29, 0.717) is 32.0 Å². The molecule has 0 N–H and O–H groups in total. The van der Waals surface area contributed by atoms with Crippen LogP contribution in [-0.2, 0) is 4.79 Å². The molecule has 3 aromatic rings. The van der Waals surface area contributed by atoms with E-state index in [4.69, 9.17) is 4.74 Å². The van der Waals surface area contributed by atoms with Crippen LogP contribution in [0.1, 0.15) is 11.4 Å². The highest BCUT2D eigenvalue weighted by molar-refractivity contribution is 5.78. The van der Waals surface area contributed by atoms with E-state index in [1.54, 1.807) is 28.0 Å². The number of carbonyl (C=O) groups is 1. The van der Waals surface area contributed by atoms with Crippen LogP contribution in [0.4, 0.5) is 5.82 Å². The summed E-state index contributed by atoms with van der Waals surface area (Å²) >= 11 is 0. The minimum Gasteiger partial charge on any atom is -0.453 e. The van der Waals surface area contributed by atoms with Gasteiger partial charge < -0.3 is 14.5 Å². The standard InChI is InChI=1S/C19H22N8O2/c1-14-12-15(2)27(24-14)17-5-4-16(22-23-17)25-8-10-26(11-9-25)18(28)13-29-19-20-6-3-7-21-19/h3-7,12H,8-11,13H2,1-2H3. The fourth-order valence-electron chi connectivity index (χ4n) is 3.22. The highest BCUT2D eigenvalue weighted by atomic mass is 16.5. The third-order valence-corrected chi connectivity index (χ3v) is 4.69. The summed E-state index contributed by atoms with van der Waals surface area (Å²) in [5.41, 5.74) is 1.96. The van der Waals surface area contributed by atoms with E-state index in [0.717, 1.165) is 17.2 Å². The number of rotatable bonds is 5. The van der Waals surface area contributed by atoms with Gasteiger partial charge in [0.15, 0.2) is 18.2 Å². The molecule has 3 aromatic heterocycles. The molecule has 1 aliphatic rings.